The Hall–Kier alpha value is -3.06. The predicted molar refractivity (Wildman–Crippen MR) is 121 cm³/mol. The van der Waals surface area contributed by atoms with E-state index >= 15 is 0 Å². The zero-order valence-electron chi connectivity index (χ0n) is 18.7. The van der Waals surface area contributed by atoms with Crippen LogP contribution in [0.15, 0.2) is 36.4 Å². The molecule has 0 radical (unpaired) electrons. The number of fused-ring (bicyclic) bond motifs is 1. The lowest BCUT2D eigenvalue weighted by Crippen LogP contribution is -2.41. The third-order valence-corrected chi connectivity index (χ3v) is 5.42. The van der Waals surface area contributed by atoms with Gasteiger partial charge < -0.3 is 20.1 Å². The average Bonchev–Trinajstić information content (AvgIpc) is 2.74. The molecule has 7 nitrogen and oxygen atoms in total. The highest BCUT2D eigenvalue weighted by molar-refractivity contribution is 5.93. The molecular formula is C24H31N3O4. The highest BCUT2D eigenvalue weighted by atomic mass is 16.6. The zero-order chi connectivity index (χ0) is 22.4. The first kappa shape index (κ1) is 22.6. The summed E-state index contributed by atoms with van der Waals surface area (Å²) in [5.74, 6) is 0.998. The Morgan fingerprint density at radius 3 is 2.39 bits per heavy atom. The summed E-state index contributed by atoms with van der Waals surface area (Å²) < 4.78 is 11.0. The van der Waals surface area contributed by atoms with Crippen molar-refractivity contribution >= 4 is 17.5 Å². The maximum atomic E-state index is 12.5. The number of aryl methyl sites for hydroxylation is 2. The second kappa shape index (κ2) is 10.3. The monoisotopic (exact) mass is 425 g/mol. The minimum absolute atomic E-state index is 0.1000. The van der Waals surface area contributed by atoms with Crippen molar-refractivity contribution in [2.45, 2.75) is 33.7 Å². The number of hydrogen-bond acceptors (Lipinski definition) is 5. The predicted octanol–water partition coefficient (Wildman–Crippen LogP) is 3.21. The van der Waals surface area contributed by atoms with Gasteiger partial charge in [-0.25, -0.2) is 0 Å². The molecule has 31 heavy (non-hydrogen) atoms. The van der Waals surface area contributed by atoms with Gasteiger partial charge in [0, 0.05) is 11.8 Å². The van der Waals surface area contributed by atoms with E-state index in [0.717, 1.165) is 5.56 Å². The molecule has 166 valence electrons. The number of rotatable bonds is 8. The Balaban J connectivity index is 1.51. The molecular weight excluding hydrogens is 394 g/mol. The van der Waals surface area contributed by atoms with E-state index in [4.69, 9.17) is 9.47 Å². The lowest BCUT2D eigenvalue weighted by Gasteiger charge is -2.22. The molecule has 2 aromatic carbocycles. The van der Waals surface area contributed by atoms with Crippen molar-refractivity contribution < 1.29 is 19.1 Å². The molecule has 0 aliphatic carbocycles. The van der Waals surface area contributed by atoms with E-state index in [1.54, 1.807) is 23.1 Å². The number of amides is 2. The minimum atomic E-state index is -0.187. The molecule has 7 heteroatoms. The molecule has 0 spiro atoms. The molecule has 0 aromatic heterocycles. The SMILES string of the molecule is CCN(CC(=O)Nc1ccc2c(c1)OCCO2)CC(=O)NC(C)c1ccc(C)c(C)c1. The van der Waals surface area contributed by atoms with E-state index in [0.29, 0.717) is 36.9 Å². The fourth-order valence-electron chi connectivity index (χ4n) is 3.41. The van der Waals surface area contributed by atoms with E-state index in [1.807, 2.05) is 19.9 Å². The van der Waals surface area contributed by atoms with Crippen LogP contribution in [0.5, 0.6) is 11.5 Å². The highest BCUT2D eigenvalue weighted by Gasteiger charge is 2.17. The normalized spacial score (nSPS) is 13.6. The molecule has 2 aromatic rings. The van der Waals surface area contributed by atoms with Gasteiger partial charge in [-0.15, -0.1) is 0 Å². The second-order valence-electron chi connectivity index (χ2n) is 7.84. The summed E-state index contributed by atoms with van der Waals surface area (Å²) in [6, 6.07) is 11.4. The van der Waals surface area contributed by atoms with Gasteiger partial charge in [-0.05, 0) is 56.1 Å². The van der Waals surface area contributed by atoms with E-state index in [-0.39, 0.29) is 30.9 Å². The van der Waals surface area contributed by atoms with Gasteiger partial charge in [0.1, 0.15) is 13.2 Å². The highest BCUT2D eigenvalue weighted by Crippen LogP contribution is 2.32. The fourth-order valence-corrected chi connectivity index (χ4v) is 3.41. The van der Waals surface area contributed by atoms with Gasteiger partial charge in [0.15, 0.2) is 11.5 Å². The molecule has 0 bridgehead atoms. The molecule has 1 aliphatic rings. The summed E-state index contributed by atoms with van der Waals surface area (Å²) in [5.41, 5.74) is 4.13. The minimum Gasteiger partial charge on any atom is -0.486 e. The number of ether oxygens (including phenoxy) is 2. The first-order valence-corrected chi connectivity index (χ1v) is 10.6. The third-order valence-electron chi connectivity index (χ3n) is 5.42. The van der Waals surface area contributed by atoms with Gasteiger partial charge in [0.2, 0.25) is 11.8 Å². The Bertz CT molecular complexity index is 944. The van der Waals surface area contributed by atoms with Crippen LogP contribution < -0.4 is 20.1 Å². The lowest BCUT2D eigenvalue weighted by atomic mass is 10.0. The molecule has 2 amide bonds. The van der Waals surface area contributed by atoms with E-state index in [1.165, 1.54) is 11.1 Å². The van der Waals surface area contributed by atoms with Crippen LogP contribution in [0.1, 0.15) is 36.6 Å². The van der Waals surface area contributed by atoms with Crippen molar-refractivity contribution in [2.24, 2.45) is 0 Å². The summed E-state index contributed by atoms with van der Waals surface area (Å²) in [6.07, 6.45) is 0. The van der Waals surface area contributed by atoms with Crippen LogP contribution >= 0.6 is 0 Å². The van der Waals surface area contributed by atoms with E-state index < -0.39 is 0 Å². The number of likely N-dealkylation sites (N-methyl/N-ethyl adjacent to an activating group) is 1. The summed E-state index contributed by atoms with van der Waals surface area (Å²) in [7, 11) is 0. The summed E-state index contributed by atoms with van der Waals surface area (Å²) in [5, 5.41) is 5.88. The smallest absolute Gasteiger partial charge is 0.238 e. The van der Waals surface area contributed by atoms with Crippen LogP contribution in [0.25, 0.3) is 0 Å². The largest absolute Gasteiger partial charge is 0.486 e. The quantitative estimate of drug-likeness (QED) is 0.679. The third kappa shape index (κ3) is 6.21. The lowest BCUT2D eigenvalue weighted by molar-refractivity contribution is -0.123. The first-order valence-electron chi connectivity index (χ1n) is 10.6. The van der Waals surface area contributed by atoms with Crippen molar-refractivity contribution in [1.82, 2.24) is 10.2 Å². The number of anilines is 1. The zero-order valence-corrected chi connectivity index (χ0v) is 18.7. The summed E-state index contributed by atoms with van der Waals surface area (Å²) in [4.78, 5) is 26.8. The number of carbonyl (C=O) groups excluding carboxylic acids is 2. The Morgan fingerprint density at radius 2 is 1.68 bits per heavy atom. The van der Waals surface area contributed by atoms with Crippen LogP contribution in [0.4, 0.5) is 5.69 Å². The van der Waals surface area contributed by atoms with Gasteiger partial charge in [0.05, 0.1) is 19.1 Å². The molecule has 3 rings (SSSR count). The van der Waals surface area contributed by atoms with E-state index in [2.05, 4.69) is 36.6 Å². The summed E-state index contributed by atoms with van der Waals surface area (Å²) in [6.45, 7) is 9.89. The number of hydrogen-bond donors (Lipinski definition) is 2. The van der Waals surface area contributed by atoms with Gasteiger partial charge in [0.25, 0.3) is 0 Å². The van der Waals surface area contributed by atoms with Gasteiger partial charge >= 0.3 is 0 Å². The van der Waals surface area contributed by atoms with Crippen LogP contribution in [-0.4, -0.2) is 49.6 Å². The van der Waals surface area contributed by atoms with Crippen LogP contribution in [-0.2, 0) is 9.59 Å². The molecule has 2 N–H and O–H groups in total. The number of benzene rings is 2. The van der Waals surface area contributed by atoms with Crippen molar-refractivity contribution in [3.8, 4) is 11.5 Å². The number of nitrogens with zero attached hydrogens (tertiary/aromatic N) is 1. The van der Waals surface area contributed by atoms with Crippen molar-refractivity contribution in [3.05, 3.63) is 53.1 Å². The molecule has 1 heterocycles. The second-order valence-corrected chi connectivity index (χ2v) is 7.84. The topological polar surface area (TPSA) is 79.9 Å². The Morgan fingerprint density at radius 1 is 0.968 bits per heavy atom. The van der Waals surface area contributed by atoms with Crippen molar-refractivity contribution in [1.29, 1.82) is 0 Å². The maximum Gasteiger partial charge on any atom is 0.238 e. The van der Waals surface area contributed by atoms with E-state index in [9.17, 15) is 9.59 Å². The molecule has 0 fully saturated rings. The van der Waals surface area contributed by atoms with Crippen LogP contribution in [0.3, 0.4) is 0 Å². The van der Waals surface area contributed by atoms with Crippen LogP contribution in [0, 0.1) is 13.8 Å². The van der Waals surface area contributed by atoms with Gasteiger partial charge in [-0.2, -0.15) is 0 Å². The molecule has 1 unspecified atom stereocenters. The standard InChI is InChI=1S/C24H31N3O4/c1-5-27(14-23(28)25-18(4)19-7-6-16(2)17(3)12-19)15-24(29)26-20-8-9-21-22(13-20)31-11-10-30-21/h6-9,12-13,18H,5,10-11,14-15H2,1-4H3,(H,25,28)(H,26,29). The Labute approximate surface area is 183 Å². The van der Waals surface area contributed by atoms with Crippen molar-refractivity contribution in [3.63, 3.8) is 0 Å². The summed E-state index contributed by atoms with van der Waals surface area (Å²) >= 11 is 0. The maximum absolute atomic E-state index is 12.5. The van der Waals surface area contributed by atoms with Crippen LogP contribution in [0.2, 0.25) is 0 Å². The number of nitrogens with one attached hydrogen (secondary N) is 2. The molecule has 0 saturated heterocycles. The number of carbonyl (C=O) groups is 2. The first-order chi connectivity index (χ1) is 14.9. The van der Waals surface area contributed by atoms with Gasteiger partial charge in [-0.3, -0.25) is 14.5 Å². The fraction of sp³-hybridized carbons (Fsp3) is 0.417. The van der Waals surface area contributed by atoms with Crippen molar-refractivity contribution in [2.75, 3.05) is 38.2 Å². The van der Waals surface area contributed by atoms with Gasteiger partial charge in [-0.1, -0.05) is 25.1 Å². The Kier molecular flexibility index (Phi) is 7.52. The molecule has 1 atom stereocenters. The average molecular weight is 426 g/mol. The molecule has 1 aliphatic heterocycles. The molecule has 0 saturated carbocycles.